The fourth-order valence-corrected chi connectivity index (χ4v) is 3.06. The fourth-order valence-electron chi connectivity index (χ4n) is 3.06. The number of benzene rings is 1. The number of rotatable bonds is 3. The number of anilines is 1. The average Bonchev–Trinajstić information content (AvgIpc) is 3.01. The van der Waals surface area contributed by atoms with E-state index in [1.165, 1.54) is 0 Å². The number of ether oxygens (including phenoxy) is 1. The Labute approximate surface area is 142 Å². The van der Waals surface area contributed by atoms with Gasteiger partial charge in [0.2, 0.25) is 0 Å². The van der Waals surface area contributed by atoms with Gasteiger partial charge in [-0.05, 0) is 51.5 Å². The quantitative estimate of drug-likeness (QED) is 0.878. The summed E-state index contributed by atoms with van der Waals surface area (Å²) in [7, 11) is 0. The Morgan fingerprint density at radius 2 is 2.17 bits per heavy atom. The summed E-state index contributed by atoms with van der Waals surface area (Å²) in [5.41, 5.74) is 1.83. The first-order chi connectivity index (χ1) is 11.4. The van der Waals surface area contributed by atoms with Gasteiger partial charge in [0, 0.05) is 42.9 Å². The molecule has 2 aromatic rings. The molecule has 1 saturated heterocycles. The Bertz CT molecular complexity index is 752. The number of esters is 1. The first-order valence-electron chi connectivity index (χ1n) is 8.35. The number of nitrogens with zero attached hydrogens (tertiary/aromatic N) is 2. The van der Waals surface area contributed by atoms with Crippen LogP contribution < -0.4 is 4.90 Å². The van der Waals surface area contributed by atoms with Gasteiger partial charge < -0.3 is 14.7 Å². The number of fused-ring (bicyclic) bond motifs is 1. The van der Waals surface area contributed by atoms with Gasteiger partial charge in [-0.3, -0.25) is 4.98 Å². The second-order valence-corrected chi connectivity index (χ2v) is 7.35. The van der Waals surface area contributed by atoms with E-state index in [-0.39, 0.29) is 12.6 Å². The van der Waals surface area contributed by atoms with Crippen LogP contribution in [-0.4, -0.2) is 41.4 Å². The van der Waals surface area contributed by atoms with Gasteiger partial charge in [-0.25, -0.2) is 4.79 Å². The molecule has 5 heteroatoms. The second-order valence-electron chi connectivity index (χ2n) is 7.35. The fraction of sp³-hybridized carbons (Fsp3) is 0.474. The first-order valence-corrected chi connectivity index (χ1v) is 8.35. The molecule has 1 aliphatic heterocycles. The number of hydrogen-bond acceptors (Lipinski definition) is 5. The van der Waals surface area contributed by atoms with Crippen molar-refractivity contribution in [2.75, 3.05) is 24.6 Å². The summed E-state index contributed by atoms with van der Waals surface area (Å²) in [6.45, 7) is 7.55. The van der Waals surface area contributed by atoms with Crippen molar-refractivity contribution in [1.82, 2.24) is 4.98 Å². The molecule has 0 amide bonds. The maximum Gasteiger partial charge on any atom is 0.339 e. The summed E-state index contributed by atoms with van der Waals surface area (Å²) >= 11 is 0. The van der Waals surface area contributed by atoms with Gasteiger partial charge in [-0.15, -0.1) is 0 Å². The molecule has 0 unspecified atom stereocenters. The number of carbonyl (C=O) groups excluding carboxylic acids is 1. The van der Waals surface area contributed by atoms with Gasteiger partial charge in [0.05, 0.1) is 11.1 Å². The lowest BCUT2D eigenvalue weighted by Gasteiger charge is -2.21. The molecule has 1 fully saturated rings. The summed E-state index contributed by atoms with van der Waals surface area (Å²) in [5, 5.41) is 10.1. The summed E-state index contributed by atoms with van der Waals surface area (Å²) < 4.78 is 5.52. The van der Waals surface area contributed by atoms with Crippen molar-refractivity contribution in [3.8, 4) is 0 Å². The van der Waals surface area contributed by atoms with E-state index in [4.69, 9.17) is 4.74 Å². The molecule has 1 N–H and O–H groups in total. The van der Waals surface area contributed by atoms with Crippen LogP contribution in [0, 0.1) is 5.92 Å². The van der Waals surface area contributed by atoms with Crippen molar-refractivity contribution >= 4 is 22.6 Å². The predicted molar refractivity (Wildman–Crippen MR) is 94.3 cm³/mol. The number of aliphatic hydroxyl groups is 1. The van der Waals surface area contributed by atoms with Crippen LogP contribution in [0.4, 0.5) is 5.69 Å². The molecule has 24 heavy (non-hydrogen) atoms. The highest BCUT2D eigenvalue weighted by Gasteiger charge is 2.23. The van der Waals surface area contributed by atoms with E-state index in [1.807, 2.05) is 39.0 Å². The van der Waals surface area contributed by atoms with Crippen LogP contribution >= 0.6 is 0 Å². The smallest absolute Gasteiger partial charge is 0.339 e. The number of aromatic nitrogens is 1. The van der Waals surface area contributed by atoms with Gasteiger partial charge in [0.25, 0.3) is 0 Å². The standard InChI is InChI=1S/C19H24N2O3/c1-19(2,3)24-18(23)15-6-8-20-17-5-4-14(10-16(15)17)21-9-7-13(11-21)12-22/h4-6,8,10,13,22H,7,9,11-12H2,1-3H3/t13-/m1/s1. The molecule has 3 rings (SSSR count). The molecule has 0 radical (unpaired) electrons. The highest BCUT2D eigenvalue weighted by molar-refractivity contribution is 6.04. The Morgan fingerprint density at radius 3 is 2.83 bits per heavy atom. The van der Waals surface area contributed by atoms with Crippen molar-refractivity contribution in [2.24, 2.45) is 5.92 Å². The minimum atomic E-state index is -0.534. The van der Waals surface area contributed by atoms with Crippen LogP contribution in [0.1, 0.15) is 37.6 Å². The third kappa shape index (κ3) is 3.51. The molecule has 0 bridgehead atoms. The van der Waals surface area contributed by atoms with Crippen LogP contribution in [0.2, 0.25) is 0 Å². The summed E-state index contributed by atoms with van der Waals surface area (Å²) in [4.78, 5) is 19.1. The summed E-state index contributed by atoms with van der Waals surface area (Å²) in [5.74, 6) is -0.0124. The van der Waals surface area contributed by atoms with Gasteiger partial charge in [-0.2, -0.15) is 0 Å². The minimum Gasteiger partial charge on any atom is -0.456 e. The van der Waals surface area contributed by atoms with Crippen molar-refractivity contribution < 1.29 is 14.6 Å². The van der Waals surface area contributed by atoms with E-state index in [9.17, 15) is 9.90 Å². The molecule has 0 saturated carbocycles. The third-order valence-electron chi connectivity index (χ3n) is 4.25. The SMILES string of the molecule is CC(C)(C)OC(=O)c1ccnc2ccc(N3CC[C@@H](CO)C3)cc12. The van der Waals surface area contributed by atoms with Gasteiger partial charge in [-0.1, -0.05) is 0 Å². The lowest BCUT2D eigenvalue weighted by Crippen LogP contribution is -2.24. The van der Waals surface area contributed by atoms with Crippen LogP contribution in [0.5, 0.6) is 0 Å². The Hall–Kier alpha value is -2.14. The van der Waals surface area contributed by atoms with Crippen molar-refractivity contribution in [1.29, 1.82) is 0 Å². The Morgan fingerprint density at radius 1 is 1.38 bits per heavy atom. The summed E-state index contributed by atoms with van der Waals surface area (Å²) in [6, 6.07) is 7.67. The molecule has 0 aliphatic carbocycles. The molecular formula is C19H24N2O3. The van der Waals surface area contributed by atoms with Gasteiger partial charge in [0.15, 0.2) is 0 Å². The lowest BCUT2D eigenvalue weighted by molar-refractivity contribution is 0.00718. The number of aliphatic hydroxyl groups excluding tert-OH is 1. The van der Waals surface area contributed by atoms with Crippen LogP contribution in [-0.2, 0) is 4.74 Å². The molecule has 0 spiro atoms. The highest BCUT2D eigenvalue weighted by atomic mass is 16.6. The minimum absolute atomic E-state index is 0.217. The monoisotopic (exact) mass is 328 g/mol. The zero-order chi connectivity index (χ0) is 17.3. The Balaban J connectivity index is 1.96. The van der Waals surface area contributed by atoms with E-state index >= 15 is 0 Å². The van der Waals surface area contributed by atoms with Crippen molar-refractivity contribution in [3.63, 3.8) is 0 Å². The van der Waals surface area contributed by atoms with Crippen molar-refractivity contribution in [2.45, 2.75) is 32.8 Å². The molecule has 1 aromatic heterocycles. The molecule has 128 valence electrons. The number of carbonyl (C=O) groups is 1. The van der Waals surface area contributed by atoms with E-state index in [2.05, 4.69) is 9.88 Å². The van der Waals surface area contributed by atoms with Crippen LogP contribution in [0.25, 0.3) is 10.9 Å². The van der Waals surface area contributed by atoms with Gasteiger partial charge >= 0.3 is 5.97 Å². The predicted octanol–water partition coefficient (Wildman–Crippen LogP) is 3.01. The maximum absolute atomic E-state index is 12.5. The zero-order valence-corrected chi connectivity index (χ0v) is 14.5. The molecule has 1 atom stereocenters. The zero-order valence-electron chi connectivity index (χ0n) is 14.5. The maximum atomic E-state index is 12.5. The normalized spacial score (nSPS) is 18.2. The van der Waals surface area contributed by atoms with Crippen LogP contribution in [0.15, 0.2) is 30.5 Å². The molecule has 2 heterocycles. The highest BCUT2D eigenvalue weighted by Crippen LogP contribution is 2.28. The van der Waals surface area contributed by atoms with Crippen molar-refractivity contribution in [3.05, 3.63) is 36.0 Å². The number of hydrogen-bond donors (Lipinski definition) is 1. The van der Waals surface area contributed by atoms with E-state index in [0.717, 1.165) is 36.1 Å². The topological polar surface area (TPSA) is 62.7 Å². The third-order valence-corrected chi connectivity index (χ3v) is 4.25. The van der Waals surface area contributed by atoms with E-state index in [0.29, 0.717) is 11.5 Å². The van der Waals surface area contributed by atoms with Crippen LogP contribution in [0.3, 0.4) is 0 Å². The second kappa shape index (κ2) is 6.40. The molecule has 1 aromatic carbocycles. The Kier molecular flexibility index (Phi) is 4.45. The molecule has 5 nitrogen and oxygen atoms in total. The molecular weight excluding hydrogens is 304 g/mol. The number of pyridine rings is 1. The molecule has 1 aliphatic rings. The van der Waals surface area contributed by atoms with E-state index < -0.39 is 5.60 Å². The first kappa shape index (κ1) is 16.7. The largest absolute Gasteiger partial charge is 0.456 e. The van der Waals surface area contributed by atoms with Gasteiger partial charge in [0.1, 0.15) is 5.60 Å². The lowest BCUT2D eigenvalue weighted by atomic mass is 10.1. The average molecular weight is 328 g/mol. The van der Waals surface area contributed by atoms with E-state index in [1.54, 1.807) is 12.3 Å². The summed E-state index contributed by atoms with van der Waals surface area (Å²) in [6.07, 6.45) is 2.62.